The zero-order chi connectivity index (χ0) is 15.1. The Morgan fingerprint density at radius 3 is 2.52 bits per heavy atom. The Balaban J connectivity index is 2.14. The van der Waals surface area contributed by atoms with Crippen LogP contribution in [0.25, 0.3) is 11.6 Å². The van der Waals surface area contributed by atoms with Gasteiger partial charge in [0.1, 0.15) is 5.75 Å². The Labute approximate surface area is 146 Å². The molecule has 2 N–H and O–H groups in total. The monoisotopic (exact) mass is 471 g/mol. The summed E-state index contributed by atoms with van der Waals surface area (Å²) in [5, 5.41) is 12.4. The van der Waals surface area contributed by atoms with Crippen LogP contribution in [-0.4, -0.2) is 11.0 Å². The Kier molecular flexibility index (Phi) is 3.94. The first-order chi connectivity index (χ1) is 9.95. The molecule has 0 fully saturated rings. The number of hydrogen-bond acceptors (Lipinski definition) is 2. The van der Waals surface area contributed by atoms with E-state index in [1.807, 2.05) is 12.1 Å². The minimum atomic E-state index is -0.145. The average Bonchev–Trinajstić information content (AvgIpc) is 2.72. The molecule has 0 aliphatic carbocycles. The van der Waals surface area contributed by atoms with Gasteiger partial charge in [-0.15, -0.1) is 0 Å². The first-order valence-corrected chi connectivity index (χ1v) is 8.34. The maximum Gasteiger partial charge on any atom is 0.256 e. The minimum absolute atomic E-state index is 0.145. The number of amides is 1. The maximum atomic E-state index is 12.2. The second-order valence-electron chi connectivity index (χ2n) is 4.53. The smallest absolute Gasteiger partial charge is 0.256 e. The Bertz CT molecular complexity index is 800. The summed E-state index contributed by atoms with van der Waals surface area (Å²) >= 11 is 10.2. The number of benzene rings is 2. The van der Waals surface area contributed by atoms with E-state index in [1.165, 1.54) is 0 Å². The fraction of sp³-hybridized carbons (Fsp3) is 0. The molecule has 106 valence electrons. The summed E-state index contributed by atoms with van der Waals surface area (Å²) < 4.78 is 2.31. The molecule has 3 nitrogen and oxygen atoms in total. The number of aromatic hydroxyl groups is 1. The van der Waals surface area contributed by atoms with Crippen molar-refractivity contribution in [2.75, 3.05) is 5.32 Å². The third-order valence-electron chi connectivity index (χ3n) is 3.11. The molecule has 2 aromatic carbocycles. The van der Waals surface area contributed by atoms with E-state index in [0.29, 0.717) is 10.0 Å². The number of fused-ring (bicyclic) bond motifs is 1. The third kappa shape index (κ3) is 2.80. The van der Waals surface area contributed by atoms with Crippen LogP contribution < -0.4 is 5.32 Å². The van der Waals surface area contributed by atoms with Crippen molar-refractivity contribution in [1.82, 2.24) is 0 Å². The average molecular weight is 474 g/mol. The SMILES string of the molecule is O=C1Nc2c(Br)cc(Br)cc2/C1=C/c1ccc(O)c(Br)c1. The van der Waals surface area contributed by atoms with Gasteiger partial charge in [-0.3, -0.25) is 4.79 Å². The summed E-state index contributed by atoms with van der Waals surface area (Å²) in [6.07, 6.45) is 1.80. The quantitative estimate of drug-likeness (QED) is 0.561. The predicted molar refractivity (Wildman–Crippen MR) is 94.1 cm³/mol. The van der Waals surface area contributed by atoms with Gasteiger partial charge in [-0.25, -0.2) is 0 Å². The first kappa shape index (κ1) is 14.8. The van der Waals surface area contributed by atoms with Crippen LogP contribution in [0.2, 0.25) is 0 Å². The van der Waals surface area contributed by atoms with Crippen molar-refractivity contribution in [1.29, 1.82) is 0 Å². The largest absolute Gasteiger partial charge is 0.507 e. The van der Waals surface area contributed by atoms with Gasteiger partial charge in [0.25, 0.3) is 5.91 Å². The number of hydrogen-bond donors (Lipinski definition) is 2. The number of anilines is 1. The number of phenols is 1. The van der Waals surface area contributed by atoms with Gasteiger partial charge in [0.2, 0.25) is 0 Å². The van der Waals surface area contributed by atoms with E-state index >= 15 is 0 Å². The van der Waals surface area contributed by atoms with Crippen molar-refractivity contribution in [2.24, 2.45) is 0 Å². The topological polar surface area (TPSA) is 49.3 Å². The molecule has 6 heteroatoms. The van der Waals surface area contributed by atoms with Crippen LogP contribution in [0.4, 0.5) is 5.69 Å². The molecular formula is C15H8Br3NO2. The summed E-state index contributed by atoms with van der Waals surface area (Å²) in [4.78, 5) is 12.2. The fourth-order valence-electron chi connectivity index (χ4n) is 2.14. The molecule has 0 spiro atoms. The summed E-state index contributed by atoms with van der Waals surface area (Å²) in [6.45, 7) is 0. The molecule has 1 heterocycles. The molecule has 0 unspecified atom stereocenters. The van der Waals surface area contributed by atoms with Gasteiger partial charge in [0.05, 0.1) is 10.2 Å². The Morgan fingerprint density at radius 2 is 1.81 bits per heavy atom. The Hall–Kier alpha value is -1.11. The summed E-state index contributed by atoms with van der Waals surface area (Å²) in [5.74, 6) is 0.0203. The fourth-order valence-corrected chi connectivity index (χ4v) is 3.86. The van der Waals surface area contributed by atoms with Crippen LogP contribution >= 0.6 is 47.8 Å². The highest BCUT2D eigenvalue weighted by Crippen LogP contribution is 2.40. The minimum Gasteiger partial charge on any atom is -0.507 e. The lowest BCUT2D eigenvalue weighted by atomic mass is 10.0. The predicted octanol–water partition coefficient (Wildman–Crippen LogP) is 5.17. The summed E-state index contributed by atoms with van der Waals surface area (Å²) in [5.41, 5.74) is 3.02. The highest BCUT2D eigenvalue weighted by molar-refractivity contribution is 9.11. The van der Waals surface area contributed by atoms with E-state index in [1.54, 1.807) is 24.3 Å². The van der Waals surface area contributed by atoms with Crippen molar-refractivity contribution in [2.45, 2.75) is 0 Å². The van der Waals surface area contributed by atoms with E-state index in [4.69, 9.17) is 0 Å². The van der Waals surface area contributed by atoms with Crippen molar-refractivity contribution in [3.05, 3.63) is 54.9 Å². The molecule has 0 aromatic heterocycles. The summed E-state index contributed by atoms with van der Waals surface area (Å²) in [7, 11) is 0. The van der Waals surface area contributed by atoms with Crippen LogP contribution in [0.1, 0.15) is 11.1 Å². The second-order valence-corrected chi connectivity index (χ2v) is 7.16. The molecule has 2 aromatic rings. The number of carbonyl (C=O) groups is 1. The molecule has 21 heavy (non-hydrogen) atoms. The highest BCUT2D eigenvalue weighted by atomic mass is 79.9. The molecule has 0 atom stereocenters. The maximum absolute atomic E-state index is 12.2. The van der Waals surface area contributed by atoms with E-state index in [9.17, 15) is 9.90 Å². The van der Waals surface area contributed by atoms with E-state index in [-0.39, 0.29) is 11.7 Å². The number of rotatable bonds is 1. The van der Waals surface area contributed by atoms with Crippen LogP contribution in [0, 0.1) is 0 Å². The number of nitrogens with one attached hydrogen (secondary N) is 1. The lowest BCUT2D eigenvalue weighted by molar-refractivity contribution is -0.110. The lowest BCUT2D eigenvalue weighted by Crippen LogP contribution is -2.03. The Morgan fingerprint density at radius 1 is 1.05 bits per heavy atom. The molecule has 3 rings (SSSR count). The van der Waals surface area contributed by atoms with Crippen LogP contribution in [0.15, 0.2) is 43.7 Å². The standard InChI is InChI=1S/C15H8Br3NO2/c16-8-5-9-10(15(21)19-14(9)12(18)6-8)3-7-1-2-13(20)11(17)4-7/h1-6,20H,(H,19,21)/b10-3-. The van der Waals surface area contributed by atoms with Gasteiger partial charge in [0, 0.05) is 20.1 Å². The van der Waals surface area contributed by atoms with Crippen molar-refractivity contribution in [3.8, 4) is 5.75 Å². The van der Waals surface area contributed by atoms with E-state index in [0.717, 1.165) is 25.8 Å². The van der Waals surface area contributed by atoms with Gasteiger partial charge in [-0.05, 0) is 67.8 Å². The molecule has 0 bridgehead atoms. The molecular weight excluding hydrogens is 466 g/mol. The molecule has 1 amide bonds. The molecule has 1 aliphatic heterocycles. The van der Waals surface area contributed by atoms with Gasteiger partial charge < -0.3 is 10.4 Å². The number of halogens is 3. The summed E-state index contributed by atoms with van der Waals surface area (Å²) in [6, 6.07) is 8.89. The van der Waals surface area contributed by atoms with Gasteiger partial charge in [0.15, 0.2) is 0 Å². The van der Waals surface area contributed by atoms with E-state index < -0.39 is 0 Å². The number of phenolic OH excluding ortho intramolecular Hbond substituents is 1. The lowest BCUT2D eigenvalue weighted by Gasteiger charge is -2.03. The molecule has 0 radical (unpaired) electrons. The first-order valence-electron chi connectivity index (χ1n) is 5.96. The van der Waals surface area contributed by atoms with Crippen molar-refractivity contribution >= 4 is 71.0 Å². The normalized spacial score (nSPS) is 15.2. The van der Waals surface area contributed by atoms with Crippen LogP contribution in [0.3, 0.4) is 0 Å². The molecule has 0 saturated carbocycles. The zero-order valence-corrected chi connectivity index (χ0v) is 15.2. The van der Waals surface area contributed by atoms with Crippen LogP contribution in [-0.2, 0) is 4.79 Å². The van der Waals surface area contributed by atoms with Crippen molar-refractivity contribution < 1.29 is 9.90 Å². The molecule has 1 aliphatic rings. The number of carbonyl (C=O) groups excluding carboxylic acids is 1. The van der Waals surface area contributed by atoms with Gasteiger partial charge >= 0.3 is 0 Å². The molecule has 0 saturated heterocycles. The zero-order valence-electron chi connectivity index (χ0n) is 10.5. The van der Waals surface area contributed by atoms with Crippen molar-refractivity contribution in [3.63, 3.8) is 0 Å². The highest BCUT2D eigenvalue weighted by Gasteiger charge is 2.26. The second kappa shape index (κ2) is 5.59. The van der Waals surface area contributed by atoms with Gasteiger partial charge in [-0.2, -0.15) is 0 Å². The van der Waals surface area contributed by atoms with Crippen LogP contribution in [0.5, 0.6) is 5.75 Å². The van der Waals surface area contributed by atoms with E-state index in [2.05, 4.69) is 53.1 Å². The van der Waals surface area contributed by atoms with Gasteiger partial charge in [-0.1, -0.05) is 22.0 Å². The third-order valence-corrected chi connectivity index (χ3v) is 4.83.